The van der Waals surface area contributed by atoms with Crippen molar-refractivity contribution in [3.63, 3.8) is 0 Å². The number of hydrogen-bond acceptors (Lipinski definition) is 6. The van der Waals surface area contributed by atoms with E-state index in [1.165, 1.54) is 148 Å². The Kier molecular flexibility index (Phi) is 46.4. The monoisotopic (exact) mass is 829 g/mol. The summed E-state index contributed by atoms with van der Waals surface area (Å²) in [6.45, 7) is 6.59. The van der Waals surface area contributed by atoms with Crippen LogP contribution in [0, 0.1) is 0 Å². The number of esters is 3. The minimum absolute atomic E-state index is 0.0714. The Balaban J connectivity index is 4.18. The predicted molar refractivity (Wildman–Crippen MR) is 252 cm³/mol. The number of unbranched alkanes of at least 4 members (excludes halogenated alkanes) is 29. The Hall–Kier alpha value is -2.37. The average molecular weight is 829 g/mol. The third-order valence-electron chi connectivity index (χ3n) is 11.1. The highest BCUT2D eigenvalue weighted by Crippen LogP contribution is 2.15. The summed E-state index contributed by atoms with van der Waals surface area (Å²) in [6.07, 6.45) is 55.7. The zero-order valence-electron chi connectivity index (χ0n) is 39.3. The van der Waals surface area contributed by atoms with Crippen LogP contribution in [0.5, 0.6) is 0 Å². The summed E-state index contributed by atoms with van der Waals surface area (Å²) in [5.74, 6) is -0.878. The number of carbonyl (C=O) groups is 3. The van der Waals surface area contributed by atoms with Crippen LogP contribution in [0.3, 0.4) is 0 Å². The molecule has 0 N–H and O–H groups in total. The van der Waals surface area contributed by atoms with Gasteiger partial charge in [-0.2, -0.15) is 0 Å². The van der Waals surface area contributed by atoms with Gasteiger partial charge in [0.15, 0.2) is 6.10 Å². The molecule has 344 valence electrons. The number of hydrogen-bond donors (Lipinski definition) is 0. The Morgan fingerprint density at radius 2 is 0.610 bits per heavy atom. The van der Waals surface area contributed by atoms with Crippen LogP contribution in [0.25, 0.3) is 0 Å². The number of allylic oxidation sites excluding steroid dienone is 6. The normalized spacial score (nSPS) is 12.3. The van der Waals surface area contributed by atoms with Gasteiger partial charge >= 0.3 is 17.9 Å². The van der Waals surface area contributed by atoms with Gasteiger partial charge in [-0.05, 0) is 57.8 Å². The quantitative estimate of drug-likeness (QED) is 0.0263. The molecular formula is C53H96O6. The highest BCUT2D eigenvalue weighted by molar-refractivity contribution is 5.71. The fourth-order valence-corrected chi connectivity index (χ4v) is 7.27. The summed E-state index contributed by atoms with van der Waals surface area (Å²) in [7, 11) is 0. The summed E-state index contributed by atoms with van der Waals surface area (Å²) in [4.78, 5) is 37.7. The largest absolute Gasteiger partial charge is 0.462 e. The smallest absolute Gasteiger partial charge is 0.306 e. The zero-order chi connectivity index (χ0) is 43.0. The lowest BCUT2D eigenvalue weighted by atomic mass is 10.1. The Bertz CT molecular complexity index is 1000. The van der Waals surface area contributed by atoms with Gasteiger partial charge in [-0.15, -0.1) is 0 Å². The molecule has 1 atom stereocenters. The maximum atomic E-state index is 12.7. The SMILES string of the molecule is CCCCCCC/C=C\C/C=C\C/C=C\CCCCCCCCCCC(=O)OCC(COC(=O)CCCCCCCCCC)OC(=O)CCCCCCCCCCCC. The van der Waals surface area contributed by atoms with Gasteiger partial charge in [0.2, 0.25) is 0 Å². The van der Waals surface area contributed by atoms with Crippen molar-refractivity contribution in [2.75, 3.05) is 13.2 Å². The second-order valence-electron chi connectivity index (χ2n) is 17.1. The van der Waals surface area contributed by atoms with Crippen LogP contribution in [0.2, 0.25) is 0 Å². The molecular weight excluding hydrogens is 733 g/mol. The summed E-state index contributed by atoms with van der Waals surface area (Å²) in [5.41, 5.74) is 0. The zero-order valence-corrected chi connectivity index (χ0v) is 39.3. The van der Waals surface area contributed by atoms with E-state index in [9.17, 15) is 14.4 Å². The topological polar surface area (TPSA) is 78.9 Å². The highest BCUT2D eigenvalue weighted by Gasteiger charge is 2.19. The van der Waals surface area contributed by atoms with Crippen LogP contribution >= 0.6 is 0 Å². The Morgan fingerprint density at radius 1 is 0.339 bits per heavy atom. The first kappa shape index (κ1) is 56.6. The van der Waals surface area contributed by atoms with E-state index in [0.29, 0.717) is 19.3 Å². The molecule has 0 aliphatic carbocycles. The first-order chi connectivity index (χ1) is 29.0. The minimum atomic E-state index is -0.767. The van der Waals surface area contributed by atoms with Gasteiger partial charge in [0.05, 0.1) is 0 Å². The average Bonchev–Trinajstić information content (AvgIpc) is 3.23. The van der Waals surface area contributed by atoms with Gasteiger partial charge in [0, 0.05) is 19.3 Å². The summed E-state index contributed by atoms with van der Waals surface area (Å²) >= 11 is 0. The third kappa shape index (κ3) is 46.5. The van der Waals surface area contributed by atoms with Crippen LogP contribution in [0.1, 0.15) is 265 Å². The molecule has 6 nitrogen and oxygen atoms in total. The lowest BCUT2D eigenvalue weighted by Crippen LogP contribution is -2.30. The first-order valence-electron chi connectivity index (χ1n) is 25.5. The van der Waals surface area contributed by atoms with Crippen LogP contribution in [0.4, 0.5) is 0 Å². The molecule has 0 aliphatic rings. The molecule has 0 saturated carbocycles. The van der Waals surface area contributed by atoms with Crippen molar-refractivity contribution in [2.24, 2.45) is 0 Å². The third-order valence-corrected chi connectivity index (χ3v) is 11.1. The molecule has 0 aromatic heterocycles. The van der Waals surface area contributed by atoms with Gasteiger partial charge in [-0.25, -0.2) is 0 Å². The molecule has 0 spiro atoms. The molecule has 0 rings (SSSR count). The molecule has 1 unspecified atom stereocenters. The van der Waals surface area contributed by atoms with Gasteiger partial charge in [0.25, 0.3) is 0 Å². The van der Waals surface area contributed by atoms with Crippen LogP contribution < -0.4 is 0 Å². The van der Waals surface area contributed by atoms with Gasteiger partial charge in [-0.3, -0.25) is 14.4 Å². The van der Waals surface area contributed by atoms with E-state index in [-0.39, 0.29) is 31.1 Å². The van der Waals surface area contributed by atoms with Crippen LogP contribution in [0.15, 0.2) is 36.5 Å². The Labute approximate surface area is 365 Å². The fourth-order valence-electron chi connectivity index (χ4n) is 7.27. The van der Waals surface area contributed by atoms with E-state index in [1.54, 1.807) is 0 Å². The lowest BCUT2D eigenvalue weighted by Gasteiger charge is -2.18. The molecule has 0 aromatic rings. The molecule has 0 bridgehead atoms. The van der Waals surface area contributed by atoms with Crippen molar-refractivity contribution in [2.45, 2.75) is 271 Å². The molecule has 0 heterocycles. The molecule has 0 aliphatic heterocycles. The molecule has 0 fully saturated rings. The van der Waals surface area contributed by atoms with Crippen molar-refractivity contribution in [3.8, 4) is 0 Å². The van der Waals surface area contributed by atoms with Gasteiger partial charge in [-0.1, -0.05) is 224 Å². The predicted octanol–water partition coefficient (Wildman–Crippen LogP) is 16.5. The number of ether oxygens (including phenoxy) is 3. The molecule has 0 amide bonds. The van der Waals surface area contributed by atoms with E-state index in [0.717, 1.165) is 77.0 Å². The molecule has 0 aromatic carbocycles. The van der Waals surface area contributed by atoms with Crippen molar-refractivity contribution in [1.82, 2.24) is 0 Å². The minimum Gasteiger partial charge on any atom is -0.462 e. The van der Waals surface area contributed by atoms with Crippen LogP contribution in [-0.2, 0) is 28.6 Å². The molecule has 59 heavy (non-hydrogen) atoms. The maximum absolute atomic E-state index is 12.7. The summed E-state index contributed by atoms with van der Waals surface area (Å²) < 4.78 is 16.7. The van der Waals surface area contributed by atoms with Crippen molar-refractivity contribution in [1.29, 1.82) is 0 Å². The van der Waals surface area contributed by atoms with Gasteiger partial charge in [0.1, 0.15) is 13.2 Å². The van der Waals surface area contributed by atoms with Crippen molar-refractivity contribution < 1.29 is 28.6 Å². The second kappa shape index (κ2) is 48.3. The summed E-state index contributed by atoms with van der Waals surface area (Å²) in [6, 6.07) is 0. The maximum Gasteiger partial charge on any atom is 0.306 e. The summed E-state index contributed by atoms with van der Waals surface area (Å²) in [5, 5.41) is 0. The van der Waals surface area contributed by atoms with E-state index >= 15 is 0 Å². The van der Waals surface area contributed by atoms with E-state index in [4.69, 9.17) is 14.2 Å². The van der Waals surface area contributed by atoms with E-state index < -0.39 is 6.10 Å². The van der Waals surface area contributed by atoms with E-state index in [1.807, 2.05) is 0 Å². The standard InChI is InChI=1S/C53H96O6/c1-4-7-10-13-16-19-21-22-23-24-25-26-27-28-29-30-31-32-33-35-37-40-43-46-52(55)58-49-50(48-57-51(54)45-42-39-36-18-15-12-9-6-3)59-53(56)47-44-41-38-34-20-17-14-11-8-5-2/h21-22,24-25,27-28,50H,4-20,23,26,29-49H2,1-3H3/b22-21-,25-24-,28-27-. The number of carbonyl (C=O) groups excluding carboxylic acids is 3. The molecule has 0 saturated heterocycles. The molecule has 6 heteroatoms. The first-order valence-corrected chi connectivity index (χ1v) is 25.5. The van der Waals surface area contributed by atoms with Gasteiger partial charge < -0.3 is 14.2 Å². The lowest BCUT2D eigenvalue weighted by molar-refractivity contribution is -0.167. The highest BCUT2D eigenvalue weighted by atomic mass is 16.6. The van der Waals surface area contributed by atoms with E-state index in [2.05, 4.69) is 57.2 Å². The fraction of sp³-hybridized carbons (Fsp3) is 0.830. The van der Waals surface area contributed by atoms with Crippen molar-refractivity contribution in [3.05, 3.63) is 36.5 Å². The second-order valence-corrected chi connectivity index (χ2v) is 17.1. The molecule has 0 radical (unpaired) electrons. The van der Waals surface area contributed by atoms with Crippen molar-refractivity contribution >= 4 is 17.9 Å². The number of rotatable bonds is 46. The Morgan fingerprint density at radius 3 is 0.949 bits per heavy atom. The van der Waals surface area contributed by atoms with Crippen LogP contribution in [-0.4, -0.2) is 37.2 Å².